The third-order valence-corrected chi connectivity index (χ3v) is 4.62. The van der Waals surface area contributed by atoms with Crippen LogP contribution in [0.4, 0.5) is 0 Å². The highest BCUT2D eigenvalue weighted by Crippen LogP contribution is 2.38. The van der Waals surface area contributed by atoms with E-state index in [4.69, 9.17) is 10.5 Å². The van der Waals surface area contributed by atoms with Gasteiger partial charge in [-0.3, -0.25) is 4.98 Å². The molecule has 106 valence electrons. The summed E-state index contributed by atoms with van der Waals surface area (Å²) in [4.78, 5) is 5.39. The van der Waals surface area contributed by atoms with Gasteiger partial charge in [-0.25, -0.2) is 0 Å². The third-order valence-electron chi connectivity index (χ3n) is 3.20. The fourth-order valence-electron chi connectivity index (χ4n) is 1.96. The predicted octanol–water partition coefficient (Wildman–Crippen LogP) is 3.66. The van der Waals surface area contributed by atoms with Crippen molar-refractivity contribution in [2.75, 3.05) is 7.11 Å². The zero-order chi connectivity index (χ0) is 14.4. The second-order valence-corrected chi connectivity index (χ2v) is 5.79. The molecule has 1 heterocycles. The van der Waals surface area contributed by atoms with Gasteiger partial charge in [0.25, 0.3) is 0 Å². The molecule has 0 saturated carbocycles. The van der Waals surface area contributed by atoms with E-state index in [9.17, 15) is 0 Å². The Morgan fingerprint density at radius 2 is 2.00 bits per heavy atom. The van der Waals surface area contributed by atoms with Crippen molar-refractivity contribution in [3.63, 3.8) is 0 Å². The van der Waals surface area contributed by atoms with Crippen molar-refractivity contribution in [1.29, 1.82) is 0 Å². The van der Waals surface area contributed by atoms with Crippen molar-refractivity contribution >= 4 is 11.8 Å². The Kier molecular flexibility index (Phi) is 5.44. The summed E-state index contributed by atoms with van der Waals surface area (Å²) < 4.78 is 5.18. The lowest BCUT2D eigenvalue weighted by Gasteiger charge is -2.22. The van der Waals surface area contributed by atoms with Gasteiger partial charge in [0.1, 0.15) is 5.75 Å². The molecule has 0 amide bonds. The van der Waals surface area contributed by atoms with Gasteiger partial charge in [0.05, 0.1) is 12.4 Å². The van der Waals surface area contributed by atoms with E-state index in [1.165, 1.54) is 10.5 Å². The number of aromatic nitrogens is 1. The lowest BCUT2D eigenvalue weighted by atomic mass is 10.1. The highest BCUT2D eigenvalue weighted by atomic mass is 32.2. The highest BCUT2D eigenvalue weighted by Gasteiger charge is 2.20. The highest BCUT2D eigenvalue weighted by molar-refractivity contribution is 7.99. The number of benzene rings is 1. The molecule has 2 atom stereocenters. The zero-order valence-electron chi connectivity index (χ0n) is 11.8. The fourth-order valence-corrected chi connectivity index (χ4v) is 3.19. The third kappa shape index (κ3) is 3.74. The van der Waals surface area contributed by atoms with E-state index in [1.807, 2.05) is 24.4 Å². The number of rotatable bonds is 6. The van der Waals surface area contributed by atoms with Gasteiger partial charge in [0.15, 0.2) is 0 Å². The molecule has 0 aliphatic rings. The van der Waals surface area contributed by atoms with Crippen LogP contribution in [0.15, 0.2) is 53.7 Å². The predicted molar refractivity (Wildman–Crippen MR) is 84.1 cm³/mol. The molecule has 0 bridgehead atoms. The second-order valence-electron chi connectivity index (χ2n) is 4.57. The van der Waals surface area contributed by atoms with E-state index < -0.39 is 0 Å². The molecule has 2 unspecified atom stereocenters. The summed E-state index contributed by atoms with van der Waals surface area (Å²) in [6, 6.07) is 12.2. The summed E-state index contributed by atoms with van der Waals surface area (Å²) in [6.45, 7) is 2.11. The van der Waals surface area contributed by atoms with Crippen LogP contribution < -0.4 is 10.5 Å². The van der Waals surface area contributed by atoms with E-state index in [1.54, 1.807) is 25.1 Å². The van der Waals surface area contributed by atoms with Gasteiger partial charge in [0.2, 0.25) is 0 Å². The van der Waals surface area contributed by atoms with Crippen molar-refractivity contribution in [3.8, 4) is 5.75 Å². The number of pyridine rings is 1. The molecule has 1 aromatic heterocycles. The minimum Gasteiger partial charge on any atom is -0.497 e. The molecule has 0 aliphatic heterocycles. The van der Waals surface area contributed by atoms with Gasteiger partial charge >= 0.3 is 0 Å². The van der Waals surface area contributed by atoms with Crippen molar-refractivity contribution in [1.82, 2.24) is 4.98 Å². The number of thioether (sulfide) groups is 1. The normalized spacial score (nSPS) is 13.8. The topological polar surface area (TPSA) is 48.1 Å². The first kappa shape index (κ1) is 14.9. The Hall–Kier alpha value is -1.52. The Labute approximate surface area is 124 Å². The molecule has 20 heavy (non-hydrogen) atoms. The van der Waals surface area contributed by atoms with E-state index in [2.05, 4.69) is 30.1 Å². The van der Waals surface area contributed by atoms with Gasteiger partial charge in [-0.1, -0.05) is 13.0 Å². The maximum atomic E-state index is 6.28. The number of nitrogens with two attached hydrogens (primary N) is 1. The molecular formula is C16H20N2OS. The second kappa shape index (κ2) is 7.31. The summed E-state index contributed by atoms with van der Waals surface area (Å²) in [5, 5.41) is 0.210. The Bertz CT molecular complexity index is 516. The smallest absolute Gasteiger partial charge is 0.118 e. The molecule has 0 aliphatic carbocycles. The molecule has 0 radical (unpaired) electrons. The van der Waals surface area contributed by atoms with Gasteiger partial charge < -0.3 is 10.5 Å². The van der Waals surface area contributed by atoms with Gasteiger partial charge in [-0.05, 0) is 42.3 Å². The molecular weight excluding hydrogens is 268 g/mol. The quantitative estimate of drug-likeness (QED) is 0.824. The lowest BCUT2D eigenvalue weighted by molar-refractivity contribution is 0.414. The molecule has 0 saturated heterocycles. The molecule has 2 rings (SSSR count). The van der Waals surface area contributed by atoms with E-state index in [0.717, 1.165) is 12.2 Å². The summed E-state index contributed by atoms with van der Waals surface area (Å²) >= 11 is 1.77. The van der Waals surface area contributed by atoms with Gasteiger partial charge in [0, 0.05) is 23.3 Å². The van der Waals surface area contributed by atoms with Crippen LogP contribution in [-0.4, -0.2) is 18.1 Å². The van der Waals surface area contributed by atoms with E-state index >= 15 is 0 Å². The van der Waals surface area contributed by atoms with Crippen LogP contribution in [0, 0.1) is 0 Å². The largest absolute Gasteiger partial charge is 0.497 e. The van der Waals surface area contributed by atoms with Crippen molar-refractivity contribution < 1.29 is 4.74 Å². The van der Waals surface area contributed by atoms with Crippen LogP contribution in [0.3, 0.4) is 0 Å². The van der Waals surface area contributed by atoms with E-state index in [-0.39, 0.29) is 11.3 Å². The maximum absolute atomic E-state index is 6.28. The van der Waals surface area contributed by atoms with E-state index in [0.29, 0.717) is 0 Å². The SMILES string of the molecule is CCC(N)C(Sc1ccc(OC)cc1)c1cccnc1. The first-order valence-electron chi connectivity index (χ1n) is 6.70. The average molecular weight is 288 g/mol. The van der Waals surface area contributed by atoms with Crippen molar-refractivity contribution in [3.05, 3.63) is 54.4 Å². The summed E-state index contributed by atoms with van der Waals surface area (Å²) in [7, 11) is 1.67. The van der Waals surface area contributed by atoms with Crippen molar-refractivity contribution in [2.24, 2.45) is 5.73 Å². The molecule has 3 nitrogen and oxygen atoms in total. The minimum atomic E-state index is 0.103. The van der Waals surface area contributed by atoms with Crippen LogP contribution in [0.1, 0.15) is 24.2 Å². The van der Waals surface area contributed by atoms with Crippen molar-refractivity contribution in [2.45, 2.75) is 29.5 Å². The van der Waals surface area contributed by atoms with Crippen LogP contribution >= 0.6 is 11.8 Å². The standard InChI is InChI=1S/C16H20N2OS/c1-3-15(17)16(12-5-4-10-18-11-12)20-14-8-6-13(19-2)7-9-14/h4-11,15-16H,3,17H2,1-2H3. The fraction of sp³-hybridized carbons (Fsp3) is 0.312. The van der Waals surface area contributed by atoms with Crippen LogP contribution in [0.25, 0.3) is 0 Å². The van der Waals surface area contributed by atoms with Crippen LogP contribution in [0.5, 0.6) is 5.75 Å². The number of hydrogen-bond donors (Lipinski definition) is 1. The van der Waals surface area contributed by atoms with Crippen LogP contribution in [-0.2, 0) is 0 Å². The summed E-state index contributed by atoms with van der Waals surface area (Å²) in [5.41, 5.74) is 7.45. The number of ether oxygens (including phenoxy) is 1. The first-order valence-corrected chi connectivity index (χ1v) is 7.58. The van der Waals surface area contributed by atoms with Crippen LogP contribution in [0.2, 0.25) is 0 Å². The maximum Gasteiger partial charge on any atom is 0.118 e. The number of methoxy groups -OCH3 is 1. The van der Waals surface area contributed by atoms with Gasteiger partial charge in [-0.15, -0.1) is 11.8 Å². The molecule has 2 aromatic rings. The molecule has 0 spiro atoms. The Balaban J connectivity index is 2.19. The first-order chi connectivity index (χ1) is 9.74. The molecule has 4 heteroatoms. The Morgan fingerprint density at radius 1 is 1.25 bits per heavy atom. The lowest BCUT2D eigenvalue weighted by Crippen LogP contribution is -2.25. The zero-order valence-corrected chi connectivity index (χ0v) is 12.6. The Morgan fingerprint density at radius 3 is 2.55 bits per heavy atom. The molecule has 2 N–H and O–H groups in total. The van der Waals surface area contributed by atoms with Gasteiger partial charge in [-0.2, -0.15) is 0 Å². The minimum absolute atomic E-state index is 0.103. The number of nitrogens with zero attached hydrogens (tertiary/aromatic N) is 1. The number of hydrogen-bond acceptors (Lipinski definition) is 4. The molecule has 1 aromatic carbocycles. The monoisotopic (exact) mass is 288 g/mol. The summed E-state index contributed by atoms with van der Waals surface area (Å²) in [6.07, 6.45) is 4.62. The molecule has 0 fully saturated rings. The summed E-state index contributed by atoms with van der Waals surface area (Å²) in [5.74, 6) is 0.868. The average Bonchev–Trinajstić information content (AvgIpc) is 2.53.